The van der Waals surface area contributed by atoms with Gasteiger partial charge < -0.3 is 15.4 Å². The van der Waals surface area contributed by atoms with Crippen LogP contribution in [0.1, 0.15) is 13.8 Å². The Kier molecular flexibility index (Phi) is 5.47. The van der Waals surface area contributed by atoms with Crippen LogP contribution in [0.25, 0.3) is 0 Å². The number of hydrogen-bond donors (Lipinski definition) is 2. The molecule has 0 radical (unpaired) electrons. The first-order chi connectivity index (χ1) is 10.3. The van der Waals surface area contributed by atoms with Crippen molar-refractivity contribution in [2.45, 2.75) is 13.8 Å². The van der Waals surface area contributed by atoms with E-state index in [4.69, 9.17) is 4.74 Å². The van der Waals surface area contributed by atoms with Crippen molar-refractivity contribution in [2.24, 2.45) is 0 Å². The van der Waals surface area contributed by atoms with Gasteiger partial charge in [-0.2, -0.15) is 0 Å². The van der Waals surface area contributed by atoms with Crippen LogP contribution in [-0.2, 0) is 0 Å². The first-order valence-electron chi connectivity index (χ1n) is 6.95. The second kappa shape index (κ2) is 7.80. The molecule has 2 aromatic carbocycles. The molecule has 0 unspecified atom stereocenters. The molecule has 2 N–H and O–H groups in total. The molecule has 0 saturated heterocycles. The Hall–Kier alpha value is -2.68. The maximum Gasteiger partial charge on any atom is 0.127 e. The molecule has 0 aliphatic carbocycles. The minimum Gasteiger partial charge on any atom is -0.457 e. The fraction of sp³-hybridized carbons (Fsp3) is 0.111. The van der Waals surface area contributed by atoms with E-state index in [0.717, 1.165) is 22.9 Å². The van der Waals surface area contributed by atoms with Gasteiger partial charge in [-0.05, 0) is 74.8 Å². The molecule has 0 amide bonds. The largest absolute Gasteiger partial charge is 0.457 e. The summed E-state index contributed by atoms with van der Waals surface area (Å²) in [4.78, 5) is 0. The maximum atomic E-state index is 5.81. The molecule has 0 aliphatic rings. The minimum atomic E-state index is 0.815. The molecule has 21 heavy (non-hydrogen) atoms. The van der Waals surface area contributed by atoms with Gasteiger partial charge in [0.15, 0.2) is 0 Å². The average molecular weight is 280 g/mol. The first-order valence-corrected chi connectivity index (χ1v) is 6.95. The Morgan fingerprint density at radius 2 is 1.05 bits per heavy atom. The van der Waals surface area contributed by atoms with E-state index in [1.54, 1.807) is 0 Å². The van der Waals surface area contributed by atoms with Crippen LogP contribution in [0.5, 0.6) is 11.5 Å². The third-order valence-electron chi connectivity index (χ3n) is 2.78. The molecule has 0 saturated carbocycles. The Morgan fingerprint density at radius 1 is 0.667 bits per heavy atom. The van der Waals surface area contributed by atoms with Gasteiger partial charge in [0.1, 0.15) is 11.5 Å². The molecule has 108 valence electrons. The van der Waals surface area contributed by atoms with Crippen molar-refractivity contribution in [3.8, 4) is 11.5 Å². The predicted octanol–water partition coefficient (Wildman–Crippen LogP) is 5.37. The minimum absolute atomic E-state index is 0.815. The lowest BCUT2D eigenvalue weighted by Gasteiger charge is -2.08. The van der Waals surface area contributed by atoms with Crippen molar-refractivity contribution in [3.63, 3.8) is 0 Å². The van der Waals surface area contributed by atoms with Crippen LogP contribution in [-0.4, -0.2) is 0 Å². The summed E-state index contributed by atoms with van der Waals surface area (Å²) in [5, 5.41) is 6.32. The third kappa shape index (κ3) is 4.73. The van der Waals surface area contributed by atoms with E-state index in [1.807, 2.05) is 86.9 Å². The molecule has 2 rings (SSSR count). The normalized spacial score (nSPS) is 11.0. The van der Waals surface area contributed by atoms with E-state index < -0.39 is 0 Å². The Morgan fingerprint density at radius 3 is 1.38 bits per heavy atom. The molecule has 2 aromatic rings. The Labute approximate surface area is 126 Å². The summed E-state index contributed by atoms with van der Waals surface area (Å²) in [5.74, 6) is 1.63. The zero-order valence-electron chi connectivity index (χ0n) is 12.3. The molecule has 0 aromatic heterocycles. The van der Waals surface area contributed by atoms with Crippen molar-refractivity contribution in [1.82, 2.24) is 0 Å². The van der Waals surface area contributed by atoms with Crippen LogP contribution in [0.4, 0.5) is 11.4 Å². The Balaban J connectivity index is 1.97. The number of anilines is 2. The maximum absolute atomic E-state index is 5.81. The highest BCUT2D eigenvalue weighted by atomic mass is 16.5. The molecule has 3 nitrogen and oxygen atoms in total. The van der Waals surface area contributed by atoms with Crippen molar-refractivity contribution < 1.29 is 4.74 Å². The molecule has 0 aliphatic heterocycles. The molecule has 0 spiro atoms. The van der Waals surface area contributed by atoms with Gasteiger partial charge in [-0.25, -0.2) is 0 Å². The summed E-state index contributed by atoms with van der Waals surface area (Å²) in [6.07, 6.45) is 7.69. The molecule has 3 heteroatoms. The van der Waals surface area contributed by atoms with Crippen molar-refractivity contribution in [1.29, 1.82) is 0 Å². The van der Waals surface area contributed by atoms with Gasteiger partial charge in [-0.15, -0.1) is 0 Å². The highest BCUT2D eigenvalue weighted by Crippen LogP contribution is 2.24. The van der Waals surface area contributed by atoms with Gasteiger partial charge in [0.05, 0.1) is 0 Å². The SMILES string of the molecule is CC=CNc1ccc(Oc2ccc(NC=CC)cc2)cc1. The quantitative estimate of drug-likeness (QED) is 0.746. The van der Waals surface area contributed by atoms with Crippen molar-refractivity contribution in [3.05, 3.63) is 73.1 Å². The van der Waals surface area contributed by atoms with Crippen LogP contribution >= 0.6 is 0 Å². The second-order valence-corrected chi connectivity index (χ2v) is 4.44. The van der Waals surface area contributed by atoms with E-state index in [9.17, 15) is 0 Å². The summed E-state index contributed by atoms with van der Waals surface area (Å²) < 4.78 is 5.81. The van der Waals surface area contributed by atoms with E-state index in [0.29, 0.717) is 0 Å². The number of ether oxygens (including phenoxy) is 1. The molecule has 0 bridgehead atoms. The fourth-order valence-electron chi connectivity index (χ4n) is 1.73. The molecule has 0 fully saturated rings. The molecular formula is C18H20N2O. The number of nitrogens with one attached hydrogen (secondary N) is 2. The average Bonchev–Trinajstić information content (AvgIpc) is 2.53. The van der Waals surface area contributed by atoms with Crippen LogP contribution in [0.15, 0.2) is 73.1 Å². The highest BCUT2D eigenvalue weighted by molar-refractivity contribution is 5.51. The van der Waals surface area contributed by atoms with Gasteiger partial charge in [0.2, 0.25) is 0 Å². The van der Waals surface area contributed by atoms with Gasteiger partial charge in [-0.1, -0.05) is 12.2 Å². The lowest BCUT2D eigenvalue weighted by atomic mass is 10.3. The Bertz CT molecular complexity index is 543. The van der Waals surface area contributed by atoms with E-state index in [1.165, 1.54) is 0 Å². The van der Waals surface area contributed by atoms with Gasteiger partial charge in [0.25, 0.3) is 0 Å². The number of hydrogen-bond acceptors (Lipinski definition) is 3. The zero-order chi connectivity index (χ0) is 14.9. The van der Waals surface area contributed by atoms with Gasteiger partial charge in [-0.3, -0.25) is 0 Å². The number of allylic oxidation sites excluding steroid dienone is 2. The summed E-state index contributed by atoms with van der Waals surface area (Å²) in [7, 11) is 0. The van der Waals surface area contributed by atoms with Crippen LogP contribution in [0.3, 0.4) is 0 Å². The highest BCUT2D eigenvalue weighted by Gasteiger charge is 1.98. The molecule has 0 atom stereocenters. The van der Waals surface area contributed by atoms with Crippen molar-refractivity contribution in [2.75, 3.05) is 10.6 Å². The molecule has 0 heterocycles. The second-order valence-electron chi connectivity index (χ2n) is 4.44. The van der Waals surface area contributed by atoms with E-state index >= 15 is 0 Å². The van der Waals surface area contributed by atoms with Crippen LogP contribution < -0.4 is 15.4 Å². The number of rotatable bonds is 6. The van der Waals surface area contributed by atoms with E-state index in [-0.39, 0.29) is 0 Å². The van der Waals surface area contributed by atoms with Crippen LogP contribution in [0, 0.1) is 0 Å². The standard InChI is InChI=1S/C18H20N2O/c1-3-13-19-15-5-9-17(10-6-15)21-18-11-7-16(8-12-18)20-14-4-2/h3-14,19-20H,1-2H3. The zero-order valence-corrected chi connectivity index (χ0v) is 12.3. The van der Waals surface area contributed by atoms with E-state index in [2.05, 4.69) is 10.6 Å². The number of benzene rings is 2. The third-order valence-corrected chi connectivity index (χ3v) is 2.78. The predicted molar refractivity (Wildman–Crippen MR) is 89.8 cm³/mol. The monoisotopic (exact) mass is 280 g/mol. The smallest absolute Gasteiger partial charge is 0.127 e. The first kappa shape index (κ1) is 14.7. The summed E-state index contributed by atoms with van der Waals surface area (Å²) in [6, 6.07) is 15.7. The molecular weight excluding hydrogens is 260 g/mol. The lowest BCUT2D eigenvalue weighted by molar-refractivity contribution is 0.483. The summed E-state index contributed by atoms with van der Waals surface area (Å²) >= 11 is 0. The van der Waals surface area contributed by atoms with Gasteiger partial charge >= 0.3 is 0 Å². The van der Waals surface area contributed by atoms with Gasteiger partial charge in [0, 0.05) is 11.4 Å². The lowest BCUT2D eigenvalue weighted by Crippen LogP contribution is -1.89. The van der Waals surface area contributed by atoms with Crippen LogP contribution in [0.2, 0.25) is 0 Å². The summed E-state index contributed by atoms with van der Waals surface area (Å²) in [6.45, 7) is 3.94. The van der Waals surface area contributed by atoms with Crippen molar-refractivity contribution >= 4 is 11.4 Å². The summed E-state index contributed by atoms with van der Waals surface area (Å²) in [5.41, 5.74) is 2.07. The fourth-order valence-corrected chi connectivity index (χ4v) is 1.73. The topological polar surface area (TPSA) is 33.3 Å².